The minimum atomic E-state index is -0.257. The van der Waals surface area contributed by atoms with Crippen LogP contribution in [0.1, 0.15) is 34.1 Å². The molecule has 1 fully saturated rings. The van der Waals surface area contributed by atoms with Crippen LogP contribution in [0, 0.1) is 11.3 Å². The van der Waals surface area contributed by atoms with E-state index < -0.39 is 0 Å². The molecule has 1 heterocycles. The molecule has 15 heavy (non-hydrogen) atoms. The van der Waals surface area contributed by atoms with Crippen LogP contribution in [0.5, 0.6) is 0 Å². The summed E-state index contributed by atoms with van der Waals surface area (Å²) in [4.78, 5) is 0. The maximum atomic E-state index is 10.1. The van der Waals surface area contributed by atoms with E-state index in [1.807, 2.05) is 0 Å². The van der Waals surface area contributed by atoms with E-state index >= 15 is 0 Å². The van der Waals surface area contributed by atoms with Gasteiger partial charge in [-0.15, -0.1) is 0 Å². The summed E-state index contributed by atoms with van der Waals surface area (Å²) in [5.74, 6) is 0.307. The third-order valence-corrected chi connectivity index (χ3v) is 3.21. The van der Waals surface area contributed by atoms with Gasteiger partial charge < -0.3 is 15.2 Å². The zero-order valence-corrected chi connectivity index (χ0v) is 10.4. The molecule has 0 aromatic rings. The van der Waals surface area contributed by atoms with Crippen molar-refractivity contribution in [2.75, 3.05) is 19.8 Å². The van der Waals surface area contributed by atoms with E-state index in [1.165, 1.54) is 0 Å². The molecule has 1 rings (SSSR count). The maximum absolute atomic E-state index is 10.1. The van der Waals surface area contributed by atoms with Gasteiger partial charge in [-0.2, -0.15) is 0 Å². The van der Waals surface area contributed by atoms with Crippen LogP contribution in [0.4, 0.5) is 0 Å². The number of aliphatic hydroxyl groups is 1. The van der Waals surface area contributed by atoms with Crippen LogP contribution in [-0.4, -0.2) is 37.0 Å². The second kappa shape index (κ2) is 5.28. The van der Waals surface area contributed by atoms with Gasteiger partial charge in [-0.3, -0.25) is 0 Å². The normalized spacial score (nSPS) is 24.8. The van der Waals surface area contributed by atoms with Gasteiger partial charge in [-0.05, 0) is 12.3 Å². The van der Waals surface area contributed by atoms with Gasteiger partial charge in [-0.1, -0.05) is 27.7 Å². The lowest BCUT2D eigenvalue weighted by Gasteiger charge is -2.34. The predicted molar refractivity (Wildman–Crippen MR) is 61.9 cm³/mol. The summed E-state index contributed by atoms with van der Waals surface area (Å²) in [5, 5.41) is 13.5. The Kier molecular flexibility index (Phi) is 4.56. The minimum absolute atomic E-state index is 0.0727. The Morgan fingerprint density at radius 1 is 1.47 bits per heavy atom. The van der Waals surface area contributed by atoms with Crippen LogP contribution in [0.3, 0.4) is 0 Å². The SMILES string of the molecule is CC(C)C(O)C(C)(C)CNC1CCOC1. The van der Waals surface area contributed by atoms with Crippen molar-refractivity contribution >= 4 is 0 Å². The number of rotatable bonds is 5. The van der Waals surface area contributed by atoms with Gasteiger partial charge >= 0.3 is 0 Å². The molecule has 0 aromatic heterocycles. The largest absolute Gasteiger partial charge is 0.392 e. The number of hydrogen-bond donors (Lipinski definition) is 2. The monoisotopic (exact) mass is 215 g/mol. The molecule has 2 N–H and O–H groups in total. The molecule has 1 aliphatic rings. The number of nitrogens with one attached hydrogen (secondary N) is 1. The van der Waals surface area contributed by atoms with E-state index in [4.69, 9.17) is 4.74 Å². The molecule has 0 spiro atoms. The summed E-state index contributed by atoms with van der Waals surface area (Å²) in [6, 6.07) is 0.476. The summed E-state index contributed by atoms with van der Waals surface area (Å²) in [7, 11) is 0. The third-order valence-electron chi connectivity index (χ3n) is 3.21. The van der Waals surface area contributed by atoms with Crippen LogP contribution in [0.25, 0.3) is 0 Å². The van der Waals surface area contributed by atoms with Crippen molar-refractivity contribution in [3.63, 3.8) is 0 Å². The highest BCUT2D eigenvalue weighted by Gasteiger charge is 2.31. The molecule has 0 bridgehead atoms. The quantitative estimate of drug-likeness (QED) is 0.728. The van der Waals surface area contributed by atoms with Gasteiger partial charge in [0.15, 0.2) is 0 Å². The van der Waals surface area contributed by atoms with Gasteiger partial charge in [0.05, 0.1) is 12.7 Å². The predicted octanol–water partition coefficient (Wildman–Crippen LogP) is 1.41. The van der Waals surface area contributed by atoms with E-state index in [-0.39, 0.29) is 11.5 Å². The van der Waals surface area contributed by atoms with Crippen LogP contribution < -0.4 is 5.32 Å². The van der Waals surface area contributed by atoms with Crippen molar-refractivity contribution in [1.82, 2.24) is 5.32 Å². The van der Waals surface area contributed by atoms with E-state index in [0.29, 0.717) is 12.0 Å². The molecule has 1 saturated heterocycles. The second-order valence-corrected chi connectivity index (χ2v) is 5.62. The molecule has 2 unspecified atom stereocenters. The first-order chi connectivity index (χ1) is 6.93. The van der Waals surface area contributed by atoms with Gasteiger partial charge in [-0.25, -0.2) is 0 Å². The molecule has 0 saturated carbocycles. The lowest BCUT2D eigenvalue weighted by molar-refractivity contribution is 0.0119. The molecule has 0 radical (unpaired) electrons. The topological polar surface area (TPSA) is 41.5 Å². The van der Waals surface area contributed by atoms with Crippen LogP contribution in [0.15, 0.2) is 0 Å². The fraction of sp³-hybridized carbons (Fsp3) is 1.00. The molecular weight excluding hydrogens is 190 g/mol. The molecule has 1 aliphatic heterocycles. The summed E-state index contributed by atoms with van der Waals surface area (Å²) >= 11 is 0. The van der Waals surface area contributed by atoms with E-state index in [1.54, 1.807) is 0 Å². The molecule has 90 valence electrons. The first kappa shape index (κ1) is 12.9. The Morgan fingerprint density at radius 3 is 2.60 bits per heavy atom. The lowest BCUT2D eigenvalue weighted by Crippen LogP contribution is -2.45. The van der Waals surface area contributed by atoms with Crippen LogP contribution in [0.2, 0.25) is 0 Å². The number of hydrogen-bond acceptors (Lipinski definition) is 3. The first-order valence-corrected chi connectivity index (χ1v) is 5.92. The maximum Gasteiger partial charge on any atom is 0.0626 e. The standard InChI is InChI=1S/C12H25NO2/c1-9(2)11(14)12(3,4)8-13-10-5-6-15-7-10/h9-11,13-14H,5-8H2,1-4H3. The average molecular weight is 215 g/mol. The Labute approximate surface area is 93.2 Å². The fourth-order valence-corrected chi connectivity index (χ4v) is 2.11. The van der Waals surface area contributed by atoms with Gasteiger partial charge in [0, 0.05) is 24.6 Å². The highest BCUT2D eigenvalue weighted by molar-refractivity contribution is 4.84. The van der Waals surface area contributed by atoms with Crippen molar-refractivity contribution in [3.8, 4) is 0 Å². The smallest absolute Gasteiger partial charge is 0.0626 e. The Morgan fingerprint density at radius 2 is 2.13 bits per heavy atom. The highest BCUT2D eigenvalue weighted by atomic mass is 16.5. The van der Waals surface area contributed by atoms with Gasteiger partial charge in [0.2, 0.25) is 0 Å². The average Bonchev–Trinajstić information content (AvgIpc) is 2.66. The summed E-state index contributed by atoms with van der Waals surface area (Å²) in [5.41, 5.74) is -0.0727. The fourth-order valence-electron chi connectivity index (χ4n) is 2.11. The van der Waals surface area contributed by atoms with Crippen LogP contribution >= 0.6 is 0 Å². The third kappa shape index (κ3) is 3.74. The zero-order chi connectivity index (χ0) is 11.5. The van der Waals surface area contributed by atoms with Crippen molar-refractivity contribution < 1.29 is 9.84 Å². The summed E-state index contributed by atoms with van der Waals surface area (Å²) in [6.07, 6.45) is 0.834. The second-order valence-electron chi connectivity index (χ2n) is 5.62. The molecule has 2 atom stereocenters. The molecule has 0 amide bonds. The summed E-state index contributed by atoms with van der Waals surface area (Å²) in [6.45, 7) is 10.9. The zero-order valence-electron chi connectivity index (χ0n) is 10.4. The van der Waals surface area contributed by atoms with Crippen molar-refractivity contribution in [2.24, 2.45) is 11.3 Å². The minimum Gasteiger partial charge on any atom is -0.392 e. The highest BCUT2D eigenvalue weighted by Crippen LogP contribution is 2.25. The van der Waals surface area contributed by atoms with E-state index in [0.717, 1.165) is 26.2 Å². The van der Waals surface area contributed by atoms with Crippen molar-refractivity contribution in [3.05, 3.63) is 0 Å². The van der Waals surface area contributed by atoms with Gasteiger partial charge in [0.25, 0.3) is 0 Å². The molecule has 3 nitrogen and oxygen atoms in total. The van der Waals surface area contributed by atoms with Crippen molar-refractivity contribution in [2.45, 2.75) is 46.3 Å². The lowest BCUT2D eigenvalue weighted by atomic mass is 9.80. The molecule has 0 aromatic carbocycles. The Hall–Kier alpha value is -0.120. The van der Waals surface area contributed by atoms with E-state index in [2.05, 4.69) is 33.0 Å². The Balaban J connectivity index is 2.34. The van der Waals surface area contributed by atoms with Crippen molar-refractivity contribution in [1.29, 1.82) is 0 Å². The van der Waals surface area contributed by atoms with Gasteiger partial charge in [0.1, 0.15) is 0 Å². The summed E-state index contributed by atoms with van der Waals surface area (Å²) < 4.78 is 5.31. The first-order valence-electron chi connectivity index (χ1n) is 5.92. The molecular formula is C12H25NO2. The Bertz CT molecular complexity index is 186. The molecule has 0 aliphatic carbocycles. The van der Waals surface area contributed by atoms with E-state index in [9.17, 15) is 5.11 Å². The number of ether oxygens (including phenoxy) is 1. The molecule has 3 heteroatoms. The van der Waals surface area contributed by atoms with Crippen LogP contribution in [-0.2, 0) is 4.74 Å². The number of aliphatic hydroxyl groups excluding tert-OH is 1.